The molecule has 9 atom stereocenters. The van der Waals surface area contributed by atoms with Crippen LogP contribution in [0.4, 0.5) is 0 Å². The average Bonchev–Trinajstić information content (AvgIpc) is 2.91. The summed E-state index contributed by atoms with van der Waals surface area (Å²) < 4.78 is 6.19. The topological polar surface area (TPSA) is 26.3 Å². The Morgan fingerprint density at radius 3 is 2.48 bits per heavy atom. The number of Topliss-reactive ketones (excluding diaryl/α,β-unsaturated/α-hetero) is 1. The smallest absolute Gasteiger partial charge is 0.133 e. The van der Waals surface area contributed by atoms with E-state index in [1.165, 1.54) is 38.5 Å². The van der Waals surface area contributed by atoms with Gasteiger partial charge in [0.25, 0.3) is 0 Å². The van der Waals surface area contributed by atoms with Crippen LogP contribution in [0.3, 0.4) is 0 Å². The highest BCUT2D eigenvalue weighted by molar-refractivity contribution is 5.79. The molecule has 4 fully saturated rings. The molecule has 2 heteroatoms. The van der Waals surface area contributed by atoms with Crippen LogP contribution in [0.5, 0.6) is 0 Å². The summed E-state index contributed by atoms with van der Waals surface area (Å²) in [6.45, 7) is 9.31. The predicted octanol–water partition coefficient (Wildman–Crippen LogP) is 5.50. The summed E-state index contributed by atoms with van der Waals surface area (Å²) in [4.78, 5) is 12.3. The maximum absolute atomic E-state index is 12.3. The Morgan fingerprint density at radius 2 is 1.80 bits per heavy atom. The number of rotatable bonds is 2. The zero-order chi connectivity index (χ0) is 18.0. The van der Waals surface area contributed by atoms with E-state index in [1.807, 2.05) is 14.0 Å². The van der Waals surface area contributed by atoms with Crippen molar-refractivity contribution >= 4 is 5.78 Å². The minimum Gasteiger partial charge on any atom is -0.381 e. The average molecular weight is 347 g/mol. The molecule has 4 aliphatic rings. The lowest BCUT2D eigenvalue weighted by Gasteiger charge is -2.63. The first-order valence-electron chi connectivity index (χ1n) is 10.8. The van der Waals surface area contributed by atoms with Crippen molar-refractivity contribution in [1.29, 1.82) is 0 Å². The molecule has 0 aromatic heterocycles. The third kappa shape index (κ3) is 2.49. The molecule has 4 rings (SSSR count). The molecule has 142 valence electrons. The normalized spacial score (nSPS) is 55.2. The number of ketones is 1. The summed E-state index contributed by atoms with van der Waals surface area (Å²) in [6.07, 6.45) is 10.9. The van der Waals surface area contributed by atoms with Crippen molar-refractivity contribution < 1.29 is 9.53 Å². The van der Waals surface area contributed by atoms with E-state index in [1.54, 1.807) is 0 Å². The zero-order valence-corrected chi connectivity index (χ0v) is 17.0. The number of ether oxygens (including phenoxy) is 1. The largest absolute Gasteiger partial charge is 0.381 e. The van der Waals surface area contributed by atoms with E-state index >= 15 is 0 Å². The van der Waals surface area contributed by atoms with Crippen molar-refractivity contribution in [1.82, 2.24) is 0 Å². The van der Waals surface area contributed by atoms with Crippen LogP contribution in [0.25, 0.3) is 0 Å². The van der Waals surface area contributed by atoms with Gasteiger partial charge in [-0.15, -0.1) is 0 Å². The van der Waals surface area contributed by atoms with Crippen molar-refractivity contribution in [3.63, 3.8) is 0 Å². The predicted molar refractivity (Wildman–Crippen MR) is 101 cm³/mol. The first-order chi connectivity index (χ1) is 11.8. The van der Waals surface area contributed by atoms with Gasteiger partial charge in [-0.2, -0.15) is 0 Å². The van der Waals surface area contributed by atoms with Gasteiger partial charge < -0.3 is 4.74 Å². The molecular weight excluding hydrogens is 308 g/mol. The molecule has 0 spiro atoms. The summed E-state index contributed by atoms with van der Waals surface area (Å²) in [5, 5.41) is 0. The molecular formula is C23H38O2. The van der Waals surface area contributed by atoms with Crippen LogP contribution < -0.4 is 0 Å². The van der Waals surface area contributed by atoms with Gasteiger partial charge in [-0.3, -0.25) is 4.79 Å². The van der Waals surface area contributed by atoms with Gasteiger partial charge in [0.1, 0.15) is 5.78 Å². The highest BCUT2D eigenvalue weighted by Crippen LogP contribution is 2.68. The Hall–Kier alpha value is -0.370. The van der Waals surface area contributed by atoms with Gasteiger partial charge in [-0.1, -0.05) is 27.2 Å². The molecule has 0 unspecified atom stereocenters. The van der Waals surface area contributed by atoms with E-state index in [9.17, 15) is 4.79 Å². The first kappa shape index (κ1) is 18.0. The fourth-order valence-corrected chi connectivity index (χ4v) is 8.45. The Balaban J connectivity index is 1.70. The van der Waals surface area contributed by atoms with Crippen LogP contribution >= 0.6 is 0 Å². The van der Waals surface area contributed by atoms with Crippen LogP contribution in [-0.4, -0.2) is 19.0 Å². The number of methoxy groups -OCH3 is 1. The van der Waals surface area contributed by atoms with Crippen molar-refractivity contribution in [2.45, 2.75) is 85.2 Å². The molecule has 0 saturated heterocycles. The minimum atomic E-state index is 0.179. The van der Waals surface area contributed by atoms with Crippen molar-refractivity contribution in [3.8, 4) is 0 Å². The van der Waals surface area contributed by atoms with Gasteiger partial charge in [0.05, 0.1) is 6.10 Å². The van der Waals surface area contributed by atoms with Gasteiger partial charge >= 0.3 is 0 Å². The molecule has 0 radical (unpaired) electrons. The first-order valence-corrected chi connectivity index (χ1v) is 10.8. The van der Waals surface area contributed by atoms with Gasteiger partial charge in [-0.05, 0) is 92.3 Å². The number of hydrogen-bond donors (Lipinski definition) is 0. The van der Waals surface area contributed by atoms with Crippen molar-refractivity contribution in [3.05, 3.63) is 0 Å². The van der Waals surface area contributed by atoms with Gasteiger partial charge in [0.15, 0.2) is 0 Å². The van der Waals surface area contributed by atoms with Gasteiger partial charge in [-0.25, -0.2) is 0 Å². The van der Waals surface area contributed by atoms with Gasteiger partial charge in [0, 0.05) is 13.0 Å². The molecule has 0 aromatic carbocycles. The lowest BCUT2D eigenvalue weighted by molar-refractivity contribution is -0.182. The Morgan fingerprint density at radius 1 is 1.04 bits per heavy atom. The van der Waals surface area contributed by atoms with E-state index < -0.39 is 0 Å². The van der Waals surface area contributed by atoms with E-state index in [4.69, 9.17) is 4.74 Å². The van der Waals surface area contributed by atoms with E-state index in [2.05, 4.69) is 20.8 Å². The number of carbonyl (C=O) groups excluding carboxylic acids is 1. The molecule has 25 heavy (non-hydrogen) atoms. The molecule has 0 N–H and O–H groups in total. The molecule has 4 aliphatic carbocycles. The SMILES string of the molecule is CO[C@H]1C[C@]2(C)[C@@H](C(C)=O)CC[C@H]2[C@@H]2CC[C@H]3C[C@H](C)CC[C@]3(C)[C@H]21. The third-order valence-corrected chi connectivity index (χ3v) is 9.63. The maximum atomic E-state index is 12.3. The minimum absolute atomic E-state index is 0.179. The summed E-state index contributed by atoms with van der Waals surface area (Å²) in [6, 6.07) is 0. The van der Waals surface area contributed by atoms with Gasteiger partial charge in [0.2, 0.25) is 0 Å². The quantitative estimate of drug-likeness (QED) is 0.660. The van der Waals surface area contributed by atoms with Crippen LogP contribution in [0.1, 0.15) is 79.1 Å². The lowest BCUT2D eigenvalue weighted by atomic mass is 9.43. The second-order valence-electron chi connectivity index (χ2n) is 10.7. The van der Waals surface area contributed by atoms with Crippen molar-refractivity contribution in [2.24, 2.45) is 46.3 Å². The zero-order valence-electron chi connectivity index (χ0n) is 17.0. The fourth-order valence-electron chi connectivity index (χ4n) is 8.45. The van der Waals surface area contributed by atoms with Crippen LogP contribution in [0.15, 0.2) is 0 Å². The number of carbonyl (C=O) groups is 1. The molecule has 0 bridgehead atoms. The lowest BCUT2D eigenvalue weighted by Crippen LogP contribution is -2.59. The molecule has 2 nitrogen and oxygen atoms in total. The standard InChI is InChI=1S/C23H38O2/c1-14-10-11-22(3)16(12-14)6-7-17-19-9-8-18(15(2)24)23(19,4)13-20(25-5)21(17)22/h14,16-21H,6-13H2,1-5H3/t14-,16+,17+,18-,19+,20+,21-,22+,23-/m1/s1. The maximum Gasteiger partial charge on any atom is 0.133 e. The summed E-state index contributed by atoms with van der Waals surface area (Å²) in [5.74, 6) is 4.73. The van der Waals surface area contributed by atoms with E-state index in [0.29, 0.717) is 23.2 Å². The molecule has 4 saturated carbocycles. The number of fused-ring (bicyclic) bond motifs is 5. The third-order valence-electron chi connectivity index (χ3n) is 9.63. The van der Waals surface area contributed by atoms with Crippen molar-refractivity contribution in [2.75, 3.05) is 7.11 Å². The monoisotopic (exact) mass is 346 g/mol. The fraction of sp³-hybridized carbons (Fsp3) is 0.957. The number of hydrogen-bond acceptors (Lipinski definition) is 2. The molecule has 0 amide bonds. The highest BCUT2D eigenvalue weighted by atomic mass is 16.5. The molecule has 0 aromatic rings. The van der Waals surface area contributed by atoms with Crippen LogP contribution in [0, 0.1) is 46.3 Å². The summed E-state index contributed by atoms with van der Waals surface area (Å²) in [7, 11) is 1.93. The summed E-state index contributed by atoms with van der Waals surface area (Å²) in [5.41, 5.74) is 0.643. The second kappa shape index (κ2) is 6.08. The Labute approximate surface area is 154 Å². The van der Waals surface area contributed by atoms with Crippen LogP contribution in [0.2, 0.25) is 0 Å². The van der Waals surface area contributed by atoms with Crippen LogP contribution in [-0.2, 0) is 9.53 Å². The highest BCUT2D eigenvalue weighted by Gasteiger charge is 2.63. The van der Waals surface area contributed by atoms with E-state index in [-0.39, 0.29) is 11.3 Å². The molecule has 0 heterocycles. The Bertz CT molecular complexity index is 542. The summed E-state index contributed by atoms with van der Waals surface area (Å²) >= 11 is 0. The Kier molecular flexibility index (Phi) is 4.38. The molecule has 0 aliphatic heterocycles. The van der Waals surface area contributed by atoms with E-state index in [0.717, 1.165) is 36.5 Å². The second-order valence-corrected chi connectivity index (χ2v) is 10.7.